The number of rotatable bonds is 8. The highest BCUT2D eigenvalue weighted by molar-refractivity contribution is 8.86. The molecule has 0 unspecified atom stereocenters. The fraction of sp³-hybridized carbons (Fsp3) is 0.350. The molecule has 0 amide bonds. The standard InChI is InChI=1S/C20H26NS3/c1-3-4-5-12-17-23-24-20(22-2)21(18-13-8-6-9-14-18)19-15-10-7-11-16-19/h6-11,13-16H,3-5,12,17H2,1-2H3/q+1. The third-order valence-corrected chi connectivity index (χ3v) is 7.42. The molecule has 2 aromatic rings. The van der Waals surface area contributed by atoms with E-state index in [1.165, 1.54) is 47.2 Å². The Morgan fingerprint density at radius 2 is 1.42 bits per heavy atom. The maximum atomic E-state index is 2.36. The number of para-hydroxylation sites is 2. The van der Waals surface area contributed by atoms with E-state index in [0.29, 0.717) is 0 Å². The van der Waals surface area contributed by atoms with E-state index >= 15 is 0 Å². The Morgan fingerprint density at radius 3 is 1.92 bits per heavy atom. The molecule has 24 heavy (non-hydrogen) atoms. The number of nitrogens with zero attached hydrogens (tertiary/aromatic N) is 1. The molecule has 0 fully saturated rings. The molecule has 0 aliphatic rings. The molecule has 2 aromatic carbocycles. The quantitative estimate of drug-likeness (QED) is 0.158. The average Bonchev–Trinajstić information content (AvgIpc) is 2.65. The second kappa shape index (κ2) is 11.7. The van der Waals surface area contributed by atoms with Gasteiger partial charge >= 0.3 is 0 Å². The molecule has 1 nitrogen and oxygen atoms in total. The van der Waals surface area contributed by atoms with Crippen molar-refractivity contribution in [2.24, 2.45) is 0 Å². The number of thioether (sulfide) groups is 1. The van der Waals surface area contributed by atoms with Gasteiger partial charge < -0.3 is 0 Å². The maximum absolute atomic E-state index is 2.36. The van der Waals surface area contributed by atoms with Crippen LogP contribution in [0.4, 0.5) is 11.4 Å². The maximum Gasteiger partial charge on any atom is 0.292 e. The molecule has 4 heteroatoms. The van der Waals surface area contributed by atoms with E-state index < -0.39 is 0 Å². The van der Waals surface area contributed by atoms with E-state index in [2.05, 4.69) is 78.4 Å². The van der Waals surface area contributed by atoms with E-state index in [9.17, 15) is 0 Å². The van der Waals surface area contributed by atoms with Crippen LogP contribution in [-0.2, 0) is 0 Å². The monoisotopic (exact) mass is 376 g/mol. The number of hydrogen-bond donors (Lipinski definition) is 0. The van der Waals surface area contributed by atoms with Crippen LogP contribution in [0.3, 0.4) is 0 Å². The molecule has 128 valence electrons. The van der Waals surface area contributed by atoms with Crippen LogP contribution in [-0.4, -0.2) is 16.4 Å². The minimum absolute atomic E-state index is 1.21. The zero-order valence-corrected chi connectivity index (χ0v) is 16.9. The molecular formula is C20H26NS3+. The Hall–Kier alpha value is -0.840. The van der Waals surface area contributed by atoms with Crippen molar-refractivity contribution in [3.8, 4) is 0 Å². The van der Waals surface area contributed by atoms with Crippen LogP contribution in [0.2, 0.25) is 0 Å². The van der Waals surface area contributed by atoms with Crippen LogP contribution in [0, 0.1) is 0 Å². The van der Waals surface area contributed by atoms with Crippen LogP contribution in [0.1, 0.15) is 32.6 Å². The van der Waals surface area contributed by atoms with Crippen molar-refractivity contribution >= 4 is 49.1 Å². The summed E-state index contributed by atoms with van der Waals surface area (Å²) in [6.45, 7) is 2.26. The third-order valence-electron chi connectivity index (χ3n) is 3.60. The highest BCUT2D eigenvalue weighted by atomic mass is 33.1. The van der Waals surface area contributed by atoms with Gasteiger partial charge in [-0.2, -0.15) is 0 Å². The Morgan fingerprint density at radius 1 is 0.833 bits per heavy atom. The largest absolute Gasteiger partial charge is 0.292 e. The Balaban J connectivity index is 2.17. The lowest BCUT2D eigenvalue weighted by atomic mass is 10.2. The lowest BCUT2D eigenvalue weighted by Gasteiger charge is -2.07. The first kappa shape index (κ1) is 19.5. The molecule has 0 atom stereocenters. The molecule has 0 spiro atoms. The molecular weight excluding hydrogens is 350 g/mol. The van der Waals surface area contributed by atoms with Crippen molar-refractivity contribution in [3.63, 3.8) is 0 Å². The van der Waals surface area contributed by atoms with Crippen LogP contribution < -0.4 is 4.58 Å². The van der Waals surface area contributed by atoms with Crippen molar-refractivity contribution < 1.29 is 0 Å². The Kier molecular flexibility index (Phi) is 9.47. The first-order valence-corrected chi connectivity index (χ1v) is 12.0. The summed E-state index contributed by atoms with van der Waals surface area (Å²) in [5, 5.41) is 0. The van der Waals surface area contributed by atoms with Gasteiger partial charge in [-0.05, 0) is 12.7 Å². The van der Waals surface area contributed by atoms with Crippen molar-refractivity contribution in [3.05, 3.63) is 60.7 Å². The predicted octanol–water partition coefficient (Wildman–Crippen LogP) is 7.20. The lowest BCUT2D eigenvalue weighted by molar-refractivity contribution is 0.707. The fourth-order valence-electron chi connectivity index (χ4n) is 2.36. The van der Waals surface area contributed by atoms with Gasteiger partial charge in [-0.15, -0.1) is 4.58 Å². The third kappa shape index (κ3) is 6.23. The van der Waals surface area contributed by atoms with E-state index in [1.54, 1.807) is 0 Å². The Labute approximate surface area is 158 Å². The number of unbranched alkanes of at least 4 members (excludes halogenated alkanes) is 3. The molecule has 0 bridgehead atoms. The van der Waals surface area contributed by atoms with Crippen LogP contribution >= 0.6 is 33.3 Å². The van der Waals surface area contributed by atoms with Gasteiger partial charge in [0.05, 0.1) is 0 Å². The van der Waals surface area contributed by atoms with Gasteiger partial charge in [0.15, 0.2) is 0 Å². The second-order valence-electron chi connectivity index (χ2n) is 5.44. The van der Waals surface area contributed by atoms with Gasteiger partial charge in [0, 0.05) is 40.8 Å². The number of benzene rings is 2. The minimum atomic E-state index is 1.21. The lowest BCUT2D eigenvalue weighted by Crippen LogP contribution is -2.10. The summed E-state index contributed by atoms with van der Waals surface area (Å²) in [6, 6.07) is 21.3. The highest BCUT2D eigenvalue weighted by Gasteiger charge is 2.20. The first-order valence-electron chi connectivity index (χ1n) is 8.47. The SMILES string of the molecule is CCCCCCSSC(SC)=[N+](c1ccccc1)c1ccccc1. The summed E-state index contributed by atoms with van der Waals surface area (Å²) in [4.78, 5) is 0. The Bertz CT molecular complexity index is 570. The van der Waals surface area contributed by atoms with E-state index in [4.69, 9.17) is 0 Å². The van der Waals surface area contributed by atoms with E-state index in [1.807, 2.05) is 33.3 Å². The predicted molar refractivity (Wildman–Crippen MR) is 117 cm³/mol. The summed E-state index contributed by atoms with van der Waals surface area (Å²) >= 11 is 1.82. The van der Waals surface area contributed by atoms with Crippen molar-refractivity contribution in [1.29, 1.82) is 0 Å². The van der Waals surface area contributed by atoms with Crippen LogP contribution in [0.5, 0.6) is 0 Å². The molecule has 2 rings (SSSR count). The molecule has 0 N–H and O–H groups in total. The van der Waals surface area contributed by atoms with Crippen molar-refractivity contribution in [1.82, 2.24) is 4.58 Å². The van der Waals surface area contributed by atoms with Gasteiger partial charge in [0.25, 0.3) is 4.38 Å². The summed E-state index contributed by atoms with van der Waals surface area (Å²) < 4.78 is 3.67. The fourth-order valence-corrected chi connectivity index (χ4v) is 5.99. The van der Waals surface area contributed by atoms with Crippen LogP contribution in [0.15, 0.2) is 60.7 Å². The molecule has 0 radical (unpaired) electrons. The van der Waals surface area contributed by atoms with Crippen LogP contribution in [0.25, 0.3) is 0 Å². The van der Waals surface area contributed by atoms with Gasteiger partial charge in [-0.25, -0.2) is 0 Å². The second-order valence-corrected chi connectivity index (χ2v) is 8.90. The molecule has 0 saturated carbocycles. The van der Waals surface area contributed by atoms with E-state index in [0.717, 1.165) is 0 Å². The topological polar surface area (TPSA) is 3.01 Å². The smallest absolute Gasteiger partial charge is 0.142 e. The van der Waals surface area contributed by atoms with Crippen molar-refractivity contribution in [2.75, 3.05) is 12.0 Å². The summed E-state index contributed by atoms with van der Waals surface area (Å²) in [6.07, 6.45) is 7.47. The molecule has 0 aromatic heterocycles. The highest BCUT2D eigenvalue weighted by Crippen LogP contribution is 2.33. The molecule has 0 aliphatic heterocycles. The summed E-state index contributed by atoms with van der Waals surface area (Å²) in [5.41, 5.74) is 2.43. The molecule has 0 heterocycles. The summed E-state index contributed by atoms with van der Waals surface area (Å²) in [5.74, 6) is 1.21. The zero-order chi connectivity index (χ0) is 17.0. The number of hydrogen-bond acceptors (Lipinski definition) is 3. The van der Waals surface area contributed by atoms with E-state index in [-0.39, 0.29) is 0 Å². The zero-order valence-electron chi connectivity index (χ0n) is 14.5. The van der Waals surface area contributed by atoms with Gasteiger partial charge in [0.1, 0.15) is 0 Å². The van der Waals surface area contributed by atoms with Gasteiger partial charge in [-0.3, -0.25) is 0 Å². The molecule has 0 saturated heterocycles. The molecule has 0 aliphatic carbocycles. The van der Waals surface area contributed by atoms with Gasteiger partial charge in [-0.1, -0.05) is 85.1 Å². The average molecular weight is 377 g/mol. The van der Waals surface area contributed by atoms with Crippen molar-refractivity contribution in [2.45, 2.75) is 32.6 Å². The normalized spacial score (nSPS) is 10.6. The summed E-state index contributed by atoms with van der Waals surface area (Å²) in [7, 11) is 3.87. The minimum Gasteiger partial charge on any atom is -0.142 e. The first-order chi connectivity index (χ1) is 11.9. The van der Waals surface area contributed by atoms with Gasteiger partial charge in [0.2, 0.25) is 11.4 Å².